The van der Waals surface area contributed by atoms with Gasteiger partial charge < -0.3 is 26.2 Å². The zero-order valence-electron chi connectivity index (χ0n) is 22.0. The van der Waals surface area contributed by atoms with E-state index in [9.17, 15) is 19.2 Å². The molecule has 0 bridgehead atoms. The predicted molar refractivity (Wildman–Crippen MR) is 149 cm³/mol. The van der Waals surface area contributed by atoms with E-state index in [0.717, 1.165) is 38.0 Å². The molecule has 1 fully saturated rings. The molecule has 5 N–H and O–H groups in total. The van der Waals surface area contributed by atoms with Crippen molar-refractivity contribution in [2.24, 2.45) is 5.73 Å². The van der Waals surface area contributed by atoms with Crippen molar-refractivity contribution in [3.63, 3.8) is 0 Å². The maximum absolute atomic E-state index is 13.0. The third-order valence-corrected chi connectivity index (χ3v) is 6.25. The molecule has 3 aromatic rings. The summed E-state index contributed by atoms with van der Waals surface area (Å²) in [6, 6.07) is 17.1. The number of aromatic nitrogens is 2. The molecule has 4 rings (SSSR count). The third-order valence-electron chi connectivity index (χ3n) is 6.25. The topological polar surface area (TPSA) is 171 Å². The lowest BCUT2D eigenvalue weighted by Gasteiger charge is -2.36. The first-order valence-corrected chi connectivity index (χ1v) is 12.5. The van der Waals surface area contributed by atoms with Crippen LogP contribution in [0.2, 0.25) is 0 Å². The number of carboxylic acids is 2. The minimum atomic E-state index is -1.26. The summed E-state index contributed by atoms with van der Waals surface area (Å²) in [6.07, 6.45) is 6.25. The SMILES string of the molecule is CN(C(=O)n1cnc(-c2cccc(NC(N)=O)c2)c1)C1CCN(Cc2ccccc2)CC1.O=C(O)/C=C\C(=O)O. The van der Waals surface area contributed by atoms with Gasteiger partial charge in [-0.05, 0) is 30.5 Å². The molecular formula is C28H32N6O6. The Morgan fingerprint density at radius 2 is 1.68 bits per heavy atom. The van der Waals surface area contributed by atoms with Crippen molar-refractivity contribution in [3.8, 4) is 11.3 Å². The molecule has 2 aromatic carbocycles. The maximum atomic E-state index is 13.0. The summed E-state index contributed by atoms with van der Waals surface area (Å²) in [5.41, 5.74) is 8.52. The molecule has 0 atom stereocenters. The average molecular weight is 549 g/mol. The predicted octanol–water partition coefficient (Wildman–Crippen LogP) is 3.32. The van der Waals surface area contributed by atoms with E-state index < -0.39 is 18.0 Å². The standard InChI is InChI=1S/C24H28N6O2.C4H4O4/c1-28(21-10-12-29(13-11-21)15-18-6-3-2-4-7-18)24(32)30-16-22(26-17-30)19-8-5-9-20(14-19)27-23(25)31;5-3(6)1-2-4(7)8/h2-9,14,16-17,21H,10-13,15H2,1H3,(H3,25,27,31);1-2H,(H,5,6)(H,7,8)/b;2-1-. The van der Waals surface area contributed by atoms with Gasteiger partial charge in [0, 0.05) is 62.3 Å². The van der Waals surface area contributed by atoms with Gasteiger partial charge in [-0.25, -0.2) is 24.2 Å². The highest BCUT2D eigenvalue weighted by molar-refractivity contribution is 5.90. The van der Waals surface area contributed by atoms with Crippen LogP contribution in [0.5, 0.6) is 0 Å². The fourth-order valence-electron chi connectivity index (χ4n) is 4.26. The van der Waals surface area contributed by atoms with Crippen molar-refractivity contribution in [2.45, 2.75) is 25.4 Å². The number of carboxylic acid groups (broad SMARTS) is 2. The van der Waals surface area contributed by atoms with E-state index >= 15 is 0 Å². The number of hydrogen-bond acceptors (Lipinski definition) is 6. The Bertz CT molecular complexity index is 1330. The zero-order valence-corrected chi connectivity index (χ0v) is 22.0. The Hall–Kier alpha value is -4.97. The van der Waals surface area contributed by atoms with Gasteiger partial charge in [-0.2, -0.15) is 0 Å². The summed E-state index contributed by atoms with van der Waals surface area (Å²) in [5, 5.41) is 18.2. The van der Waals surface area contributed by atoms with Gasteiger partial charge in [-0.15, -0.1) is 0 Å². The van der Waals surface area contributed by atoms with E-state index in [4.69, 9.17) is 15.9 Å². The van der Waals surface area contributed by atoms with Crippen LogP contribution in [0.3, 0.4) is 0 Å². The zero-order chi connectivity index (χ0) is 29.1. The number of likely N-dealkylation sites (tertiary alicyclic amines) is 1. The number of piperidine rings is 1. The first-order valence-electron chi connectivity index (χ1n) is 12.5. The Labute approximate surface area is 231 Å². The highest BCUT2D eigenvalue weighted by Crippen LogP contribution is 2.22. The molecule has 12 heteroatoms. The van der Waals surface area contributed by atoms with Crippen LogP contribution < -0.4 is 11.1 Å². The number of carbonyl (C=O) groups excluding carboxylic acids is 2. The molecule has 1 aliphatic rings. The van der Waals surface area contributed by atoms with E-state index in [2.05, 4.69) is 39.5 Å². The highest BCUT2D eigenvalue weighted by atomic mass is 16.4. The number of nitrogens with two attached hydrogens (primary N) is 1. The number of anilines is 1. The summed E-state index contributed by atoms with van der Waals surface area (Å²) in [6.45, 7) is 2.87. The number of rotatable bonds is 7. The van der Waals surface area contributed by atoms with Gasteiger partial charge in [0.15, 0.2) is 0 Å². The van der Waals surface area contributed by atoms with Crippen LogP contribution in [0.15, 0.2) is 79.3 Å². The molecule has 1 aromatic heterocycles. The van der Waals surface area contributed by atoms with E-state index in [0.29, 0.717) is 23.5 Å². The molecule has 3 amide bonds. The fourth-order valence-corrected chi connectivity index (χ4v) is 4.26. The number of aliphatic carboxylic acids is 2. The van der Waals surface area contributed by atoms with E-state index in [1.807, 2.05) is 24.1 Å². The van der Waals surface area contributed by atoms with Crippen LogP contribution in [0, 0.1) is 0 Å². The van der Waals surface area contributed by atoms with Gasteiger partial charge in [0.2, 0.25) is 0 Å². The van der Waals surface area contributed by atoms with E-state index in [1.54, 1.807) is 24.4 Å². The molecule has 0 saturated carbocycles. The van der Waals surface area contributed by atoms with Crippen LogP contribution in [0.25, 0.3) is 11.3 Å². The van der Waals surface area contributed by atoms with Gasteiger partial charge in [-0.3, -0.25) is 9.47 Å². The summed E-state index contributed by atoms with van der Waals surface area (Å²) in [4.78, 5) is 51.9. The lowest BCUT2D eigenvalue weighted by Crippen LogP contribution is -2.46. The fraction of sp³-hybridized carbons (Fsp3) is 0.250. The van der Waals surface area contributed by atoms with Crippen molar-refractivity contribution < 1.29 is 29.4 Å². The van der Waals surface area contributed by atoms with E-state index in [-0.39, 0.29) is 12.1 Å². The number of carbonyl (C=O) groups is 4. The summed E-state index contributed by atoms with van der Waals surface area (Å²) >= 11 is 0. The van der Waals surface area contributed by atoms with E-state index in [1.165, 1.54) is 16.5 Å². The average Bonchev–Trinajstić information content (AvgIpc) is 3.43. The Morgan fingerprint density at radius 1 is 1.02 bits per heavy atom. The van der Waals surface area contributed by atoms with Gasteiger partial charge in [0.25, 0.3) is 0 Å². The summed E-state index contributed by atoms with van der Waals surface area (Å²) in [5.74, 6) is -2.51. The van der Waals surface area contributed by atoms with Crippen LogP contribution in [0.4, 0.5) is 15.3 Å². The number of primary amides is 1. The highest BCUT2D eigenvalue weighted by Gasteiger charge is 2.26. The lowest BCUT2D eigenvalue weighted by atomic mass is 10.0. The Morgan fingerprint density at radius 3 is 2.27 bits per heavy atom. The minimum absolute atomic E-state index is 0.100. The molecule has 1 saturated heterocycles. The second-order valence-electron chi connectivity index (χ2n) is 9.13. The number of amides is 3. The quantitative estimate of drug-likeness (QED) is 0.326. The first-order chi connectivity index (χ1) is 19.1. The number of imidazole rings is 1. The lowest BCUT2D eigenvalue weighted by molar-refractivity contribution is -0.134. The van der Waals surface area contributed by atoms with Gasteiger partial charge >= 0.3 is 24.0 Å². The Balaban J connectivity index is 0.000000482. The molecule has 2 heterocycles. The smallest absolute Gasteiger partial charge is 0.329 e. The van der Waals surface area contributed by atoms with Gasteiger partial charge in [0.05, 0.1) is 5.69 Å². The number of nitrogens with one attached hydrogen (secondary N) is 1. The number of benzene rings is 2. The van der Waals surface area contributed by atoms with Crippen molar-refractivity contribution in [2.75, 3.05) is 25.5 Å². The molecule has 0 unspecified atom stereocenters. The van der Waals surface area contributed by atoms with Gasteiger partial charge in [0.1, 0.15) is 6.33 Å². The number of hydrogen-bond donors (Lipinski definition) is 4. The molecule has 0 aliphatic carbocycles. The van der Waals surface area contributed by atoms with Crippen molar-refractivity contribution >= 4 is 29.7 Å². The van der Waals surface area contributed by atoms with Crippen molar-refractivity contribution in [1.82, 2.24) is 19.4 Å². The first kappa shape index (κ1) is 29.6. The maximum Gasteiger partial charge on any atom is 0.329 e. The molecule has 0 radical (unpaired) electrons. The van der Waals surface area contributed by atoms with Crippen LogP contribution in [0.1, 0.15) is 18.4 Å². The second-order valence-corrected chi connectivity index (χ2v) is 9.13. The minimum Gasteiger partial charge on any atom is -0.478 e. The Kier molecular flexibility index (Phi) is 10.5. The molecule has 210 valence electrons. The number of nitrogens with zero attached hydrogens (tertiary/aromatic N) is 4. The monoisotopic (exact) mass is 548 g/mol. The van der Waals surface area contributed by atoms with Crippen LogP contribution in [-0.4, -0.2) is 79.7 Å². The van der Waals surface area contributed by atoms with Gasteiger partial charge in [-0.1, -0.05) is 42.5 Å². The van der Waals surface area contributed by atoms with Crippen LogP contribution in [-0.2, 0) is 16.1 Å². The van der Waals surface area contributed by atoms with Crippen molar-refractivity contribution in [3.05, 3.63) is 84.8 Å². The second kappa shape index (κ2) is 14.3. The number of urea groups is 1. The van der Waals surface area contributed by atoms with Crippen LogP contribution >= 0.6 is 0 Å². The molecular weight excluding hydrogens is 516 g/mol. The third kappa shape index (κ3) is 9.10. The molecule has 12 nitrogen and oxygen atoms in total. The summed E-state index contributed by atoms with van der Waals surface area (Å²) in [7, 11) is 1.86. The molecule has 0 spiro atoms. The largest absolute Gasteiger partial charge is 0.478 e. The normalized spacial score (nSPS) is 13.7. The molecule has 40 heavy (non-hydrogen) atoms. The molecule has 1 aliphatic heterocycles. The summed E-state index contributed by atoms with van der Waals surface area (Å²) < 4.78 is 1.51. The van der Waals surface area contributed by atoms with Crippen molar-refractivity contribution in [1.29, 1.82) is 0 Å².